The summed E-state index contributed by atoms with van der Waals surface area (Å²) in [6, 6.07) is 3.38. The van der Waals surface area contributed by atoms with Gasteiger partial charge in [-0.15, -0.1) is 0 Å². The second kappa shape index (κ2) is 7.16. The van der Waals surface area contributed by atoms with Gasteiger partial charge in [-0.1, -0.05) is 11.6 Å². The van der Waals surface area contributed by atoms with Crippen molar-refractivity contribution in [2.24, 2.45) is 11.7 Å². The van der Waals surface area contributed by atoms with Gasteiger partial charge >= 0.3 is 0 Å². The summed E-state index contributed by atoms with van der Waals surface area (Å²) in [5, 5.41) is 10.3. The fourth-order valence-corrected chi connectivity index (χ4v) is 3.09. The zero-order valence-corrected chi connectivity index (χ0v) is 12.7. The standard InChI is InChI=1S/C15H23ClN2O2/c1-20-15-7-12(13(16)8-14(15)19)10-18-6-2-3-11(9-18)4-5-17/h7-8,11,19H,2-6,9-10,17H2,1H3/t11-/m1/s1. The Bertz CT molecular complexity index is 452. The van der Waals surface area contributed by atoms with Crippen LogP contribution < -0.4 is 10.5 Å². The van der Waals surface area contributed by atoms with Crippen LogP contribution in [0.4, 0.5) is 0 Å². The smallest absolute Gasteiger partial charge is 0.160 e. The molecule has 1 saturated heterocycles. The van der Waals surface area contributed by atoms with Gasteiger partial charge in [0.25, 0.3) is 0 Å². The average molecular weight is 299 g/mol. The van der Waals surface area contributed by atoms with Gasteiger partial charge < -0.3 is 15.6 Å². The van der Waals surface area contributed by atoms with Crippen molar-refractivity contribution in [2.45, 2.75) is 25.8 Å². The van der Waals surface area contributed by atoms with Crippen LogP contribution in [0.25, 0.3) is 0 Å². The van der Waals surface area contributed by atoms with Crippen LogP contribution in [0.15, 0.2) is 12.1 Å². The molecular weight excluding hydrogens is 276 g/mol. The molecule has 1 aliphatic heterocycles. The van der Waals surface area contributed by atoms with Crippen LogP contribution >= 0.6 is 11.6 Å². The molecule has 0 aromatic heterocycles. The van der Waals surface area contributed by atoms with Crippen LogP contribution in [-0.2, 0) is 6.54 Å². The zero-order valence-electron chi connectivity index (χ0n) is 11.9. The average Bonchev–Trinajstić information content (AvgIpc) is 2.43. The molecule has 1 fully saturated rings. The molecule has 4 nitrogen and oxygen atoms in total. The molecule has 0 unspecified atom stereocenters. The van der Waals surface area contributed by atoms with Gasteiger partial charge in [-0.25, -0.2) is 0 Å². The largest absolute Gasteiger partial charge is 0.504 e. The summed E-state index contributed by atoms with van der Waals surface area (Å²) >= 11 is 6.21. The Balaban J connectivity index is 2.05. The van der Waals surface area contributed by atoms with Crippen molar-refractivity contribution in [1.29, 1.82) is 0 Å². The number of benzene rings is 1. The first-order chi connectivity index (χ1) is 9.63. The van der Waals surface area contributed by atoms with Gasteiger partial charge in [0.15, 0.2) is 11.5 Å². The molecule has 20 heavy (non-hydrogen) atoms. The van der Waals surface area contributed by atoms with E-state index in [4.69, 9.17) is 22.1 Å². The molecule has 0 bridgehead atoms. The summed E-state index contributed by atoms with van der Waals surface area (Å²) in [6.07, 6.45) is 3.56. The maximum absolute atomic E-state index is 9.70. The monoisotopic (exact) mass is 298 g/mol. The van der Waals surface area contributed by atoms with Crippen LogP contribution in [0.5, 0.6) is 11.5 Å². The number of aromatic hydroxyl groups is 1. The molecule has 112 valence electrons. The van der Waals surface area contributed by atoms with Crippen LogP contribution in [0.2, 0.25) is 5.02 Å². The highest BCUT2D eigenvalue weighted by Crippen LogP contribution is 2.33. The van der Waals surface area contributed by atoms with Gasteiger partial charge in [0, 0.05) is 24.2 Å². The molecule has 0 amide bonds. The van der Waals surface area contributed by atoms with E-state index in [0.29, 0.717) is 16.7 Å². The molecule has 1 heterocycles. The zero-order chi connectivity index (χ0) is 14.5. The third kappa shape index (κ3) is 3.78. The highest BCUT2D eigenvalue weighted by molar-refractivity contribution is 6.31. The highest BCUT2D eigenvalue weighted by atomic mass is 35.5. The van der Waals surface area contributed by atoms with E-state index in [2.05, 4.69) is 4.90 Å². The minimum atomic E-state index is 0.0842. The Kier molecular flexibility index (Phi) is 5.52. The Morgan fingerprint density at radius 1 is 1.50 bits per heavy atom. The predicted octanol–water partition coefficient (Wildman–Crippen LogP) is 2.62. The first kappa shape index (κ1) is 15.4. The van der Waals surface area contributed by atoms with Crippen molar-refractivity contribution in [3.8, 4) is 11.5 Å². The SMILES string of the molecule is COc1cc(CN2CCC[C@H](CCN)C2)c(Cl)cc1O. The van der Waals surface area contributed by atoms with Gasteiger partial charge in [0.05, 0.1) is 7.11 Å². The van der Waals surface area contributed by atoms with Gasteiger partial charge in [0.1, 0.15) is 0 Å². The van der Waals surface area contributed by atoms with Crippen LogP contribution in [0.3, 0.4) is 0 Å². The summed E-state index contributed by atoms with van der Waals surface area (Å²) in [7, 11) is 1.55. The Morgan fingerprint density at radius 3 is 3.00 bits per heavy atom. The van der Waals surface area contributed by atoms with E-state index in [1.807, 2.05) is 6.07 Å². The van der Waals surface area contributed by atoms with E-state index in [1.165, 1.54) is 12.8 Å². The van der Waals surface area contributed by atoms with E-state index in [1.54, 1.807) is 13.2 Å². The fraction of sp³-hybridized carbons (Fsp3) is 0.600. The van der Waals surface area contributed by atoms with Crippen molar-refractivity contribution in [2.75, 3.05) is 26.7 Å². The Hall–Kier alpha value is -0.970. The number of ether oxygens (including phenoxy) is 1. The molecular formula is C15H23ClN2O2. The van der Waals surface area contributed by atoms with E-state index in [-0.39, 0.29) is 5.75 Å². The van der Waals surface area contributed by atoms with Crippen LogP contribution in [-0.4, -0.2) is 36.8 Å². The first-order valence-corrected chi connectivity index (χ1v) is 7.49. The maximum atomic E-state index is 9.70. The number of likely N-dealkylation sites (tertiary alicyclic amines) is 1. The number of hydrogen-bond acceptors (Lipinski definition) is 4. The van der Waals surface area contributed by atoms with Crippen molar-refractivity contribution < 1.29 is 9.84 Å². The molecule has 1 aliphatic rings. The molecule has 0 radical (unpaired) electrons. The summed E-state index contributed by atoms with van der Waals surface area (Å²) in [5.41, 5.74) is 6.65. The quantitative estimate of drug-likeness (QED) is 0.877. The Morgan fingerprint density at radius 2 is 2.30 bits per heavy atom. The molecule has 0 saturated carbocycles. The number of nitrogens with two attached hydrogens (primary N) is 1. The number of piperidine rings is 1. The predicted molar refractivity (Wildman–Crippen MR) is 81.3 cm³/mol. The topological polar surface area (TPSA) is 58.7 Å². The van der Waals surface area contributed by atoms with Gasteiger partial charge in [0.2, 0.25) is 0 Å². The molecule has 0 spiro atoms. The van der Waals surface area contributed by atoms with Crippen molar-refractivity contribution in [3.63, 3.8) is 0 Å². The number of phenols is 1. The lowest BCUT2D eigenvalue weighted by Gasteiger charge is -2.32. The first-order valence-electron chi connectivity index (χ1n) is 7.11. The number of halogens is 1. The molecule has 5 heteroatoms. The van der Waals surface area contributed by atoms with E-state index in [0.717, 1.165) is 38.2 Å². The summed E-state index contributed by atoms with van der Waals surface area (Å²) in [5.74, 6) is 1.24. The van der Waals surface area contributed by atoms with Gasteiger partial charge in [-0.05, 0) is 49.9 Å². The third-order valence-corrected chi connectivity index (χ3v) is 4.27. The lowest BCUT2D eigenvalue weighted by atomic mass is 9.94. The molecule has 1 aromatic carbocycles. The molecule has 3 N–H and O–H groups in total. The van der Waals surface area contributed by atoms with Crippen molar-refractivity contribution >= 4 is 11.6 Å². The van der Waals surface area contributed by atoms with Crippen molar-refractivity contribution in [3.05, 3.63) is 22.7 Å². The van der Waals surface area contributed by atoms with Gasteiger partial charge in [-0.3, -0.25) is 4.90 Å². The summed E-state index contributed by atoms with van der Waals surface area (Å²) in [6.45, 7) is 3.69. The minimum Gasteiger partial charge on any atom is -0.504 e. The molecule has 2 rings (SSSR count). The van der Waals surface area contributed by atoms with Crippen LogP contribution in [0, 0.1) is 5.92 Å². The van der Waals surface area contributed by atoms with E-state index >= 15 is 0 Å². The Labute approximate surface area is 125 Å². The third-order valence-electron chi connectivity index (χ3n) is 3.92. The lowest BCUT2D eigenvalue weighted by Crippen LogP contribution is -2.35. The second-order valence-corrected chi connectivity index (χ2v) is 5.84. The van der Waals surface area contributed by atoms with Gasteiger partial charge in [-0.2, -0.15) is 0 Å². The lowest BCUT2D eigenvalue weighted by molar-refractivity contribution is 0.163. The minimum absolute atomic E-state index is 0.0842. The van der Waals surface area contributed by atoms with E-state index in [9.17, 15) is 5.11 Å². The van der Waals surface area contributed by atoms with Crippen LogP contribution in [0.1, 0.15) is 24.8 Å². The number of methoxy groups -OCH3 is 1. The number of phenolic OH excluding ortho intramolecular Hbond substituents is 1. The second-order valence-electron chi connectivity index (χ2n) is 5.44. The summed E-state index contributed by atoms with van der Waals surface area (Å²) in [4.78, 5) is 2.40. The van der Waals surface area contributed by atoms with E-state index < -0.39 is 0 Å². The van der Waals surface area contributed by atoms with Crippen molar-refractivity contribution in [1.82, 2.24) is 4.90 Å². The maximum Gasteiger partial charge on any atom is 0.160 e. The normalized spacial score (nSPS) is 20.1. The number of nitrogens with zero attached hydrogens (tertiary/aromatic N) is 1. The molecule has 1 atom stereocenters. The highest BCUT2D eigenvalue weighted by Gasteiger charge is 2.20. The molecule has 1 aromatic rings. The number of rotatable bonds is 5. The summed E-state index contributed by atoms with van der Waals surface area (Å²) < 4.78 is 5.15. The number of hydrogen-bond donors (Lipinski definition) is 2. The fourth-order valence-electron chi connectivity index (χ4n) is 2.88. The molecule has 0 aliphatic carbocycles.